The van der Waals surface area contributed by atoms with Gasteiger partial charge in [0, 0.05) is 24.9 Å². The van der Waals surface area contributed by atoms with E-state index in [2.05, 4.69) is 16.0 Å². The lowest BCUT2D eigenvalue weighted by molar-refractivity contribution is -0.137. The van der Waals surface area contributed by atoms with Gasteiger partial charge in [0.05, 0.1) is 22.0 Å². The number of carbonyl (C=O) groups is 2. The highest BCUT2D eigenvalue weighted by molar-refractivity contribution is 6.31. The van der Waals surface area contributed by atoms with Crippen molar-refractivity contribution in [2.75, 3.05) is 43.6 Å². The zero-order chi connectivity index (χ0) is 28.6. The van der Waals surface area contributed by atoms with E-state index >= 15 is 0 Å². The summed E-state index contributed by atoms with van der Waals surface area (Å²) in [4.78, 5) is 27.4. The number of nitrogen functional groups attached to an aromatic ring is 1. The van der Waals surface area contributed by atoms with E-state index in [1.165, 1.54) is 6.08 Å². The van der Waals surface area contributed by atoms with Gasteiger partial charge in [-0.25, -0.2) is 0 Å². The minimum absolute atomic E-state index is 0.141. The maximum Gasteiger partial charge on any atom is 0.417 e. The van der Waals surface area contributed by atoms with Crippen LogP contribution in [-0.4, -0.2) is 43.9 Å². The molecule has 11 heteroatoms. The Morgan fingerprint density at radius 2 is 1.72 bits per heavy atom. The number of nitrogens with zero attached hydrogens (tertiary/aromatic N) is 1. The van der Waals surface area contributed by atoms with Gasteiger partial charge in [-0.1, -0.05) is 48.0 Å². The molecular formula is C28H29ClF3N5O2. The van der Waals surface area contributed by atoms with Crippen LogP contribution in [0, 0.1) is 0 Å². The van der Waals surface area contributed by atoms with Crippen LogP contribution in [0.4, 0.5) is 30.2 Å². The van der Waals surface area contributed by atoms with Gasteiger partial charge in [0.15, 0.2) is 0 Å². The van der Waals surface area contributed by atoms with Gasteiger partial charge in [-0.05, 0) is 61.6 Å². The minimum atomic E-state index is -4.60. The van der Waals surface area contributed by atoms with Crippen molar-refractivity contribution in [2.24, 2.45) is 0 Å². The van der Waals surface area contributed by atoms with Gasteiger partial charge >= 0.3 is 6.18 Å². The second-order valence-corrected chi connectivity index (χ2v) is 9.36. The van der Waals surface area contributed by atoms with Crippen molar-refractivity contribution >= 4 is 46.6 Å². The third-order valence-corrected chi connectivity index (χ3v) is 5.94. The number of nitrogens with two attached hydrogens (primary N) is 1. The van der Waals surface area contributed by atoms with Gasteiger partial charge in [-0.2, -0.15) is 13.2 Å². The lowest BCUT2D eigenvalue weighted by Crippen LogP contribution is -2.36. The molecule has 206 valence electrons. The number of halogens is 4. The zero-order valence-corrected chi connectivity index (χ0v) is 22.1. The predicted molar refractivity (Wildman–Crippen MR) is 149 cm³/mol. The largest absolute Gasteiger partial charge is 0.417 e. The van der Waals surface area contributed by atoms with Crippen LogP contribution in [0.5, 0.6) is 0 Å². The Morgan fingerprint density at radius 3 is 2.33 bits per heavy atom. The summed E-state index contributed by atoms with van der Waals surface area (Å²) in [5.74, 6) is -0.817. The van der Waals surface area contributed by atoms with Crippen molar-refractivity contribution < 1.29 is 22.8 Å². The standard InChI is InChI=1S/C28H29ClF3N5O2/c1-37(2)16-15-34-26(27(39)35-20-12-13-21(22(29)17-20)28(30,31)32)19-10-7-18(8-11-19)9-14-25(38)36-24-6-4-3-5-23(24)33/h3-14,17,26,34H,15-16,33H2,1-2H3,(H,35,39)(H,36,38)/b14-9+. The summed E-state index contributed by atoms with van der Waals surface area (Å²) < 4.78 is 39.1. The van der Waals surface area contributed by atoms with E-state index < -0.39 is 28.7 Å². The second kappa shape index (κ2) is 13.3. The van der Waals surface area contributed by atoms with E-state index in [0.29, 0.717) is 30.0 Å². The molecule has 0 heterocycles. The summed E-state index contributed by atoms with van der Waals surface area (Å²) in [7, 11) is 3.79. The first-order valence-corrected chi connectivity index (χ1v) is 12.3. The van der Waals surface area contributed by atoms with E-state index in [4.69, 9.17) is 17.3 Å². The molecule has 0 saturated heterocycles. The Labute approximate surface area is 229 Å². The average Bonchev–Trinajstić information content (AvgIpc) is 2.86. The number of alkyl halides is 3. The lowest BCUT2D eigenvalue weighted by Gasteiger charge is -2.21. The van der Waals surface area contributed by atoms with Crippen LogP contribution in [0.3, 0.4) is 0 Å². The van der Waals surface area contributed by atoms with Crippen LogP contribution in [0.1, 0.15) is 22.7 Å². The van der Waals surface area contributed by atoms with E-state index in [1.54, 1.807) is 54.6 Å². The molecule has 0 aliphatic rings. The highest BCUT2D eigenvalue weighted by atomic mass is 35.5. The van der Waals surface area contributed by atoms with Crippen LogP contribution < -0.4 is 21.7 Å². The van der Waals surface area contributed by atoms with E-state index in [9.17, 15) is 22.8 Å². The molecule has 7 nitrogen and oxygen atoms in total. The van der Waals surface area contributed by atoms with Crippen LogP contribution in [0.15, 0.2) is 72.8 Å². The van der Waals surface area contributed by atoms with Crippen LogP contribution >= 0.6 is 11.6 Å². The Morgan fingerprint density at radius 1 is 1.03 bits per heavy atom. The minimum Gasteiger partial charge on any atom is -0.397 e. The van der Waals surface area contributed by atoms with Crippen LogP contribution in [-0.2, 0) is 15.8 Å². The summed E-state index contributed by atoms with van der Waals surface area (Å²) in [6.45, 7) is 1.13. The molecule has 2 amide bonds. The number of carbonyl (C=O) groups excluding carboxylic acids is 2. The molecule has 0 bridgehead atoms. The number of benzene rings is 3. The molecule has 0 aliphatic heterocycles. The first-order chi connectivity index (χ1) is 18.4. The summed E-state index contributed by atoms with van der Waals surface area (Å²) in [5.41, 5.74) is 7.31. The molecule has 0 aromatic heterocycles. The van der Waals surface area contributed by atoms with Crippen molar-refractivity contribution in [3.8, 4) is 0 Å². The number of likely N-dealkylation sites (N-methyl/N-ethyl adjacent to an activating group) is 1. The molecule has 3 aromatic rings. The molecule has 0 spiro atoms. The van der Waals surface area contributed by atoms with E-state index in [0.717, 1.165) is 23.8 Å². The first-order valence-electron chi connectivity index (χ1n) is 11.9. The summed E-state index contributed by atoms with van der Waals surface area (Å²) in [6.07, 6.45) is -1.60. The monoisotopic (exact) mass is 559 g/mol. The van der Waals surface area contributed by atoms with Gasteiger partial charge in [-0.15, -0.1) is 0 Å². The second-order valence-electron chi connectivity index (χ2n) is 8.95. The summed E-state index contributed by atoms with van der Waals surface area (Å²) in [5, 5.41) is 8.02. The lowest BCUT2D eigenvalue weighted by atomic mass is 10.0. The fraction of sp³-hybridized carbons (Fsp3) is 0.214. The van der Waals surface area contributed by atoms with Crippen LogP contribution in [0.2, 0.25) is 5.02 Å². The van der Waals surface area contributed by atoms with Crippen LogP contribution in [0.25, 0.3) is 6.08 Å². The Hall–Kier alpha value is -3.86. The van der Waals surface area contributed by atoms with Gasteiger partial charge in [0.2, 0.25) is 11.8 Å². The maximum absolute atomic E-state index is 13.2. The number of anilines is 3. The number of nitrogens with one attached hydrogen (secondary N) is 3. The molecule has 3 aromatic carbocycles. The normalized spacial score (nSPS) is 12.5. The molecular weight excluding hydrogens is 531 g/mol. The number of amides is 2. The third kappa shape index (κ3) is 8.85. The topological polar surface area (TPSA) is 99.5 Å². The fourth-order valence-electron chi connectivity index (χ4n) is 3.59. The fourth-order valence-corrected chi connectivity index (χ4v) is 3.88. The Kier molecular flexibility index (Phi) is 10.1. The highest BCUT2D eigenvalue weighted by Crippen LogP contribution is 2.36. The van der Waals surface area contributed by atoms with Gasteiger partial charge in [0.1, 0.15) is 6.04 Å². The van der Waals surface area contributed by atoms with Gasteiger partial charge < -0.3 is 26.6 Å². The van der Waals surface area contributed by atoms with Gasteiger partial charge in [0.25, 0.3) is 0 Å². The molecule has 39 heavy (non-hydrogen) atoms. The molecule has 1 atom stereocenters. The first kappa shape index (κ1) is 29.7. The maximum atomic E-state index is 13.2. The smallest absolute Gasteiger partial charge is 0.397 e. The molecule has 0 aliphatic carbocycles. The number of para-hydroxylation sites is 2. The molecule has 0 saturated carbocycles. The summed E-state index contributed by atoms with van der Waals surface area (Å²) >= 11 is 5.80. The van der Waals surface area contributed by atoms with Crippen molar-refractivity contribution in [3.05, 3.63) is 94.5 Å². The molecule has 5 N–H and O–H groups in total. The molecule has 0 radical (unpaired) electrons. The van der Waals surface area contributed by atoms with Gasteiger partial charge in [-0.3, -0.25) is 9.59 Å². The molecule has 3 rings (SSSR count). The van der Waals surface area contributed by atoms with Crippen molar-refractivity contribution in [3.63, 3.8) is 0 Å². The quantitative estimate of drug-likeness (QED) is 0.196. The zero-order valence-electron chi connectivity index (χ0n) is 21.4. The highest BCUT2D eigenvalue weighted by Gasteiger charge is 2.33. The number of hydrogen-bond donors (Lipinski definition) is 4. The number of hydrogen-bond acceptors (Lipinski definition) is 5. The Balaban J connectivity index is 1.73. The Bertz CT molecular complexity index is 1330. The van der Waals surface area contributed by atoms with E-state index in [1.807, 2.05) is 19.0 Å². The third-order valence-electron chi connectivity index (χ3n) is 5.63. The van der Waals surface area contributed by atoms with E-state index in [-0.39, 0.29) is 11.6 Å². The summed E-state index contributed by atoms with van der Waals surface area (Å²) in [6, 6.07) is 16.1. The van der Waals surface area contributed by atoms with Crippen molar-refractivity contribution in [1.29, 1.82) is 0 Å². The average molecular weight is 560 g/mol. The van der Waals surface area contributed by atoms with Crippen molar-refractivity contribution in [2.45, 2.75) is 12.2 Å². The predicted octanol–water partition coefficient (Wildman–Crippen LogP) is 5.42. The number of rotatable bonds is 10. The SMILES string of the molecule is CN(C)CCNC(C(=O)Nc1ccc(C(F)(F)F)c(Cl)c1)c1ccc(/C=C/C(=O)Nc2ccccc2N)cc1. The van der Waals surface area contributed by atoms with Crippen molar-refractivity contribution in [1.82, 2.24) is 10.2 Å². The molecule has 0 fully saturated rings. The molecule has 1 unspecified atom stereocenters.